The van der Waals surface area contributed by atoms with Crippen LogP contribution < -0.4 is 5.73 Å². The summed E-state index contributed by atoms with van der Waals surface area (Å²) >= 11 is 0. The number of ether oxygens (including phenoxy) is 1. The Bertz CT molecular complexity index is 298. The number of amides is 1. The van der Waals surface area contributed by atoms with E-state index < -0.39 is 0 Å². The molecule has 3 fully saturated rings. The Balaban J connectivity index is 1.69. The Morgan fingerprint density at radius 3 is 2.76 bits per heavy atom. The predicted octanol–water partition coefficient (Wildman–Crippen LogP) is 0.609. The average Bonchev–Trinajstić information content (AvgIpc) is 2.79. The quantitative estimate of drug-likeness (QED) is 0.728. The topological polar surface area (TPSA) is 55.6 Å². The van der Waals surface area contributed by atoms with Crippen LogP contribution in [-0.2, 0) is 9.53 Å². The molecule has 96 valence electrons. The predicted molar refractivity (Wildman–Crippen MR) is 64.3 cm³/mol. The molecule has 1 saturated heterocycles. The van der Waals surface area contributed by atoms with Gasteiger partial charge in [-0.15, -0.1) is 0 Å². The van der Waals surface area contributed by atoms with Gasteiger partial charge in [-0.25, -0.2) is 0 Å². The van der Waals surface area contributed by atoms with Crippen molar-refractivity contribution in [2.75, 3.05) is 26.3 Å². The van der Waals surface area contributed by atoms with Crippen molar-refractivity contribution in [3.63, 3.8) is 0 Å². The number of hydrogen-bond acceptors (Lipinski definition) is 3. The first kappa shape index (κ1) is 11.5. The first-order valence-corrected chi connectivity index (χ1v) is 6.89. The van der Waals surface area contributed by atoms with Gasteiger partial charge in [-0.2, -0.15) is 0 Å². The molecule has 2 aliphatic carbocycles. The second-order valence-electron chi connectivity index (χ2n) is 5.73. The molecule has 0 aromatic heterocycles. The lowest BCUT2D eigenvalue weighted by atomic mass is 9.84. The minimum Gasteiger partial charge on any atom is -0.380 e. The number of rotatable bonds is 1. The highest BCUT2D eigenvalue weighted by atomic mass is 16.5. The van der Waals surface area contributed by atoms with E-state index in [9.17, 15) is 4.79 Å². The smallest absolute Gasteiger partial charge is 0.227 e. The molecule has 4 unspecified atom stereocenters. The fourth-order valence-corrected chi connectivity index (χ4v) is 3.88. The molecule has 1 aliphatic heterocycles. The molecule has 3 aliphatic rings. The lowest BCUT2D eigenvalue weighted by molar-refractivity contribution is -0.137. The summed E-state index contributed by atoms with van der Waals surface area (Å²) in [5.74, 6) is 1.57. The van der Waals surface area contributed by atoms with Crippen LogP contribution in [0.2, 0.25) is 0 Å². The fourth-order valence-electron chi connectivity index (χ4n) is 3.88. The molecule has 0 aromatic rings. The lowest BCUT2D eigenvalue weighted by Crippen LogP contribution is -2.47. The summed E-state index contributed by atoms with van der Waals surface area (Å²) < 4.78 is 5.40. The Kier molecular flexibility index (Phi) is 3.09. The molecule has 4 heteroatoms. The van der Waals surface area contributed by atoms with Gasteiger partial charge in [-0.05, 0) is 37.5 Å². The summed E-state index contributed by atoms with van der Waals surface area (Å²) in [5.41, 5.74) is 6.23. The van der Waals surface area contributed by atoms with E-state index in [0.717, 1.165) is 26.1 Å². The van der Waals surface area contributed by atoms with E-state index in [4.69, 9.17) is 10.5 Å². The van der Waals surface area contributed by atoms with Gasteiger partial charge in [0, 0.05) is 25.7 Å². The van der Waals surface area contributed by atoms with Crippen molar-refractivity contribution < 1.29 is 9.53 Å². The summed E-state index contributed by atoms with van der Waals surface area (Å²) in [6.45, 7) is 3.06. The second kappa shape index (κ2) is 4.58. The van der Waals surface area contributed by atoms with Crippen molar-refractivity contribution >= 4 is 5.91 Å². The molecule has 3 rings (SSSR count). The molecular formula is C13H22N2O2. The molecular weight excluding hydrogens is 216 g/mol. The molecule has 4 nitrogen and oxygen atoms in total. The largest absolute Gasteiger partial charge is 0.380 e. The van der Waals surface area contributed by atoms with Crippen LogP contribution in [0.1, 0.15) is 25.7 Å². The average molecular weight is 238 g/mol. The molecule has 0 aromatic carbocycles. The van der Waals surface area contributed by atoms with Crippen molar-refractivity contribution in [1.29, 1.82) is 0 Å². The third kappa shape index (κ3) is 1.97. The van der Waals surface area contributed by atoms with Gasteiger partial charge in [-0.3, -0.25) is 4.79 Å². The Labute approximate surface area is 102 Å². The highest BCUT2D eigenvalue weighted by Crippen LogP contribution is 2.48. The van der Waals surface area contributed by atoms with Crippen molar-refractivity contribution in [1.82, 2.24) is 4.90 Å². The Morgan fingerprint density at radius 1 is 1.18 bits per heavy atom. The van der Waals surface area contributed by atoms with Crippen molar-refractivity contribution in [3.05, 3.63) is 0 Å². The van der Waals surface area contributed by atoms with Crippen molar-refractivity contribution in [3.8, 4) is 0 Å². The van der Waals surface area contributed by atoms with Crippen LogP contribution in [0.15, 0.2) is 0 Å². The monoisotopic (exact) mass is 238 g/mol. The molecule has 2 bridgehead atoms. The maximum atomic E-state index is 12.5. The van der Waals surface area contributed by atoms with Gasteiger partial charge in [0.05, 0.1) is 12.5 Å². The van der Waals surface area contributed by atoms with Crippen LogP contribution >= 0.6 is 0 Å². The van der Waals surface area contributed by atoms with E-state index in [-0.39, 0.29) is 12.0 Å². The lowest BCUT2D eigenvalue weighted by Gasteiger charge is -2.31. The van der Waals surface area contributed by atoms with E-state index in [1.54, 1.807) is 0 Å². The molecule has 2 saturated carbocycles. The van der Waals surface area contributed by atoms with Gasteiger partial charge < -0.3 is 15.4 Å². The molecule has 17 heavy (non-hydrogen) atoms. The van der Waals surface area contributed by atoms with Crippen molar-refractivity contribution in [2.24, 2.45) is 23.5 Å². The number of fused-ring (bicyclic) bond motifs is 2. The first-order chi connectivity index (χ1) is 8.27. The van der Waals surface area contributed by atoms with Crippen LogP contribution in [0.3, 0.4) is 0 Å². The zero-order valence-electron chi connectivity index (χ0n) is 10.3. The Morgan fingerprint density at radius 2 is 2.00 bits per heavy atom. The van der Waals surface area contributed by atoms with Crippen LogP contribution in [0, 0.1) is 17.8 Å². The normalized spacial score (nSPS) is 41.6. The van der Waals surface area contributed by atoms with Crippen LogP contribution in [-0.4, -0.2) is 43.2 Å². The van der Waals surface area contributed by atoms with Gasteiger partial charge in [0.2, 0.25) is 5.91 Å². The van der Waals surface area contributed by atoms with Gasteiger partial charge in [0.25, 0.3) is 0 Å². The number of nitrogens with zero attached hydrogens (tertiary/aromatic N) is 1. The van der Waals surface area contributed by atoms with Gasteiger partial charge in [0.1, 0.15) is 0 Å². The van der Waals surface area contributed by atoms with Gasteiger partial charge in [0.15, 0.2) is 0 Å². The van der Waals surface area contributed by atoms with Crippen LogP contribution in [0.25, 0.3) is 0 Å². The van der Waals surface area contributed by atoms with E-state index in [0.29, 0.717) is 24.3 Å². The van der Waals surface area contributed by atoms with Crippen LogP contribution in [0.5, 0.6) is 0 Å². The summed E-state index contributed by atoms with van der Waals surface area (Å²) in [4.78, 5) is 14.5. The SMILES string of the molecule is NC1C2CCC(C2)C1C(=O)N1CCCOCC1. The first-order valence-electron chi connectivity index (χ1n) is 6.89. The van der Waals surface area contributed by atoms with Crippen molar-refractivity contribution in [2.45, 2.75) is 31.7 Å². The molecule has 2 N–H and O–H groups in total. The zero-order chi connectivity index (χ0) is 11.8. The van der Waals surface area contributed by atoms with E-state index >= 15 is 0 Å². The van der Waals surface area contributed by atoms with E-state index in [1.807, 2.05) is 4.90 Å². The third-order valence-electron chi connectivity index (χ3n) is 4.80. The number of nitrogens with two attached hydrogens (primary N) is 1. The minimum atomic E-state index is 0.104. The number of carbonyl (C=O) groups excluding carboxylic acids is 1. The van der Waals surface area contributed by atoms with E-state index in [2.05, 4.69) is 0 Å². The fraction of sp³-hybridized carbons (Fsp3) is 0.923. The highest BCUT2D eigenvalue weighted by Gasteiger charge is 2.50. The number of hydrogen-bond donors (Lipinski definition) is 1. The molecule has 1 heterocycles. The Hall–Kier alpha value is -0.610. The van der Waals surface area contributed by atoms with Gasteiger partial charge in [-0.1, -0.05) is 0 Å². The maximum absolute atomic E-state index is 12.5. The maximum Gasteiger partial charge on any atom is 0.227 e. The van der Waals surface area contributed by atoms with Gasteiger partial charge >= 0.3 is 0 Å². The summed E-state index contributed by atoms with van der Waals surface area (Å²) in [6.07, 6.45) is 4.58. The zero-order valence-corrected chi connectivity index (χ0v) is 10.3. The number of carbonyl (C=O) groups is 1. The highest BCUT2D eigenvalue weighted by molar-refractivity contribution is 5.80. The molecule has 1 amide bonds. The third-order valence-corrected chi connectivity index (χ3v) is 4.80. The van der Waals surface area contributed by atoms with E-state index in [1.165, 1.54) is 19.3 Å². The molecule has 0 radical (unpaired) electrons. The molecule has 4 atom stereocenters. The van der Waals surface area contributed by atoms with Crippen LogP contribution in [0.4, 0.5) is 0 Å². The summed E-state index contributed by atoms with van der Waals surface area (Å²) in [5, 5.41) is 0. The summed E-state index contributed by atoms with van der Waals surface area (Å²) in [6, 6.07) is 0.116. The molecule has 0 spiro atoms. The second-order valence-corrected chi connectivity index (χ2v) is 5.73. The standard InChI is InChI=1S/C13H22N2O2/c14-12-10-3-2-9(8-10)11(12)13(16)15-4-1-6-17-7-5-15/h9-12H,1-8,14H2. The minimum absolute atomic E-state index is 0.104. The summed E-state index contributed by atoms with van der Waals surface area (Å²) in [7, 11) is 0.